The molecule has 0 aromatic heterocycles. The summed E-state index contributed by atoms with van der Waals surface area (Å²) >= 11 is 5.68. The summed E-state index contributed by atoms with van der Waals surface area (Å²) in [6, 6.07) is 2.99. The average molecular weight is 262 g/mol. The molecular formula is C10H9ClFNO4. The molecule has 7 heteroatoms. The van der Waals surface area contributed by atoms with E-state index in [1.807, 2.05) is 0 Å². The quantitative estimate of drug-likeness (QED) is 0.360. The number of methoxy groups -OCH3 is 1. The molecule has 0 heterocycles. The van der Waals surface area contributed by atoms with Gasteiger partial charge in [-0.2, -0.15) is 0 Å². The van der Waals surface area contributed by atoms with E-state index in [9.17, 15) is 19.3 Å². The van der Waals surface area contributed by atoms with Crippen LogP contribution in [0.1, 0.15) is 5.56 Å². The molecule has 0 aliphatic carbocycles. The lowest BCUT2D eigenvalue weighted by molar-refractivity contribution is -0.385. The van der Waals surface area contributed by atoms with Gasteiger partial charge in [-0.3, -0.25) is 14.9 Å². The molecule has 0 bridgehead atoms. The number of ether oxygens (including phenoxy) is 1. The van der Waals surface area contributed by atoms with Crippen molar-refractivity contribution in [1.29, 1.82) is 0 Å². The monoisotopic (exact) mass is 261 g/mol. The van der Waals surface area contributed by atoms with E-state index < -0.39 is 22.1 Å². The third-order valence-corrected chi connectivity index (χ3v) is 2.43. The standard InChI is InChI=1S/C10H9ClFNO4/c1-17-10(14)8(11)5-6-4-7(12)2-3-9(6)13(15)16/h2-4,8H,5H2,1H3. The summed E-state index contributed by atoms with van der Waals surface area (Å²) in [5.74, 6) is -1.34. The van der Waals surface area contributed by atoms with E-state index >= 15 is 0 Å². The largest absolute Gasteiger partial charge is 0.468 e. The van der Waals surface area contributed by atoms with E-state index in [1.54, 1.807) is 0 Å². The van der Waals surface area contributed by atoms with Crippen LogP contribution in [0.15, 0.2) is 18.2 Å². The third kappa shape index (κ3) is 3.39. The molecule has 92 valence electrons. The Labute approximate surface area is 101 Å². The number of hydrogen-bond donors (Lipinski definition) is 0. The van der Waals surface area contributed by atoms with Crippen LogP contribution in [0.25, 0.3) is 0 Å². The summed E-state index contributed by atoms with van der Waals surface area (Å²) in [4.78, 5) is 21.1. The highest BCUT2D eigenvalue weighted by molar-refractivity contribution is 6.30. The maximum atomic E-state index is 13.0. The fourth-order valence-corrected chi connectivity index (χ4v) is 1.56. The third-order valence-electron chi connectivity index (χ3n) is 2.09. The highest BCUT2D eigenvalue weighted by Crippen LogP contribution is 2.22. The highest BCUT2D eigenvalue weighted by Gasteiger charge is 2.22. The second-order valence-corrected chi connectivity index (χ2v) is 3.75. The summed E-state index contributed by atoms with van der Waals surface area (Å²) in [5.41, 5.74) is -0.221. The number of nitro groups is 1. The normalized spacial score (nSPS) is 11.9. The number of carbonyl (C=O) groups is 1. The molecule has 0 aliphatic rings. The average Bonchev–Trinajstić information content (AvgIpc) is 2.27. The Hall–Kier alpha value is -1.69. The molecule has 0 N–H and O–H groups in total. The van der Waals surface area contributed by atoms with Gasteiger partial charge < -0.3 is 4.74 Å². The zero-order valence-corrected chi connectivity index (χ0v) is 9.61. The maximum Gasteiger partial charge on any atom is 0.324 e. The van der Waals surface area contributed by atoms with Crippen LogP contribution in [0.5, 0.6) is 0 Å². The smallest absolute Gasteiger partial charge is 0.324 e. The van der Waals surface area contributed by atoms with Crippen LogP contribution in [0.4, 0.5) is 10.1 Å². The molecule has 1 atom stereocenters. The van der Waals surface area contributed by atoms with Crippen molar-refractivity contribution in [1.82, 2.24) is 0 Å². The van der Waals surface area contributed by atoms with Gasteiger partial charge in [-0.05, 0) is 12.1 Å². The first-order chi connectivity index (χ1) is 7.95. The number of rotatable bonds is 4. The van der Waals surface area contributed by atoms with E-state index in [4.69, 9.17) is 11.6 Å². The summed E-state index contributed by atoms with van der Waals surface area (Å²) in [5, 5.41) is 9.59. The van der Waals surface area contributed by atoms with Crippen molar-refractivity contribution in [2.24, 2.45) is 0 Å². The van der Waals surface area contributed by atoms with Crippen LogP contribution in [-0.2, 0) is 16.0 Å². The Bertz CT molecular complexity index is 452. The molecule has 0 fully saturated rings. The minimum atomic E-state index is -1.08. The van der Waals surface area contributed by atoms with Crippen molar-refractivity contribution in [3.63, 3.8) is 0 Å². The van der Waals surface area contributed by atoms with Gasteiger partial charge >= 0.3 is 5.97 Å². The van der Waals surface area contributed by atoms with Crippen molar-refractivity contribution in [3.8, 4) is 0 Å². The van der Waals surface area contributed by atoms with E-state index in [2.05, 4.69) is 4.74 Å². The van der Waals surface area contributed by atoms with Crippen LogP contribution in [-0.4, -0.2) is 23.4 Å². The van der Waals surface area contributed by atoms with Gasteiger partial charge in [0, 0.05) is 18.1 Å². The number of nitro benzene ring substituents is 1. The van der Waals surface area contributed by atoms with Crippen molar-refractivity contribution in [2.45, 2.75) is 11.8 Å². The van der Waals surface area contributed by atoms with Crippen molar-refractivity contribution < 1.29 is 18.8 Å². The first kappa shape index (κ1) is 13.4. The molecule has 0 amide bonds. The predicted molar refractivity (Wildman–Crippen MR) is 58.4 cm³/mol. The number of hydrogen-bond acceptors (Lipinski definition) is 4. The van der Waals surface area contributed by atoms with Gasteiger partial charge in [-0.15, -0.1) is 11.6 Å². The number of nitrogens with zero attached hydrogens (tertiary/aromatic N) is 1. The van der Waals surface area contributed by atoms with Gasteiger partial charge in [0.05, 0.1) is 12.0 Å². The number of halogens is 2. The summed E-state index contributed by atoms with van der Waals surface area (Å²) in [7, 11) is 1.15. The molecule has 0 saturated carbocycles. The lowest BCUT2D eigenvalue weighted by Gasteiger charge is -2.07. The summed E-state index contributed by atoms with van der Waals surface area (Å²) in [6.07, 6.45) is -0.164. The summed E-state index contributed by atoms with van der Waals surface area (Å²) in [6.45, 7) is 0. The lowest BCUT2D eigenvalue weighted by atomic mass is 10.1. The number of alkyl halides is 1. The Morgan fingerprint density at radius 2 is 2.29 bits per heavy atom. The van der Waals surface area contributed by atoms with Gasteiger partial charge in [0.2, 0.25) is 0 Å². The zero-order valence-electron chi connectivity index (χ0n) is 8.85. The molecule has 5 nitrogen and oxygen atoms in total. The number of benzene rings is 1. The molecule has 1 aromatic carbocycles. The fourth-order valence-electron chi connectivity index (χ4n) is 1.30. The molecule has 0 aliphatic heterocycles. The van der Waals surface area contributed by atoms with Gasteiger partial charge in [0.25, 0.3) is 5.69 Å². The topological polar surface area (TPSA) is 69.4 Å². The zero-order chi connectivity index (χ0) is 13.0. The molecular weight excluding hydrogens is 253 g/mol. The molecule has 0 saturated heterocycles. The number of carbonyl (C=O) groups excluding carboxylic acids is 1. The van der Waals surface area contributed by atoms with E-state index in [1.165, 1.54) is 0 Å². The van der Waals surface area contributed by atoms with Crippen molar-refractivity contribution in [3.05, 3.63) is 39.7 Å². The van der Waals surface area contributed by atoms with Crippen LogP contribution in [0.2, 0.25) is 0 Å². The fraction of sp³-hybridized carbons (Fsp3) is 0.300. The van der Waals surface area contributed by atoms with Crippen molar-refractivity contribution in [2.75, 3.05) is 7.11 Å². The van der Waals surface area contributed by atoms with Gasteiger partial charge in [-0.1, -0.05) is 0 Å². The predicted octanol–water partition coefficient (Wildman–Crippen LogP) is 2.06. The summed E-state index contributed by atoms with van der Waals surface area (Å²) < 4.78 is 17.3. The van der Waals surface area contributed by atoms with Crippen LogP contribution < -0.4 is 0 Å². The molecule has 17 heavy (non-hydrogen) atoms. The molecule has 0 radical (unpaired) electrons. The Morgan fingerprint density at radius 3 is 2.82 bits per heavy atom. The highest BCUT2D eigenvalue weighted by atomic mass is 35.5. The van der Waals surface area contributed by atoms with E-state index in [-0.39, 0.29) is 17.7 Å². The van der Waals surface area contributed by atoms with E-state index in [0.717, 1.165) is 25.3 Å². The van der Waals surface area contributed by atoms with Crippen molar-refractivity contribution >= 4 is 23.3 Å². The maximum absolute atomic E-state index is 13.0. The van der Waals surface area contributed by atoms with E-state index in [0.29, 0.717) is 0 Å². The Kier molecular flexibility index (Phi) is 4.39. The van der Waals surface area contributed by atoms with Gasteiger partial charge in [-0.25, -0.2) is 4.39 Å². The molecule has 1 unspecified atom stereocenters. The minimum Gasteiger partial charge on any atom is -0.468 e. The first-order valence-corrected chi connectivity index (χ1v) is 5.04. The van der Waals surface area contributed by atoms with Gasteiger partial charge in [0.15, 0.2) is 0 Å². The van der Waals surface area contributed by atoms with Crippen LogP contribution >= 0.6 is 11.6 Å². The number of esters is 1. The van der Waals surface area contributed by atoms with Gasteiger partial charge in [0.1, 0.15) is 11.2 Å². The molecule has 1 rings (SSSR count). The SMILES string of the molecule is COC(=O)C(Cl)Cc1cc(F)ccc1[N+](=O)[O-]. The van der Waals surface area contributed by atoms with Crippen LogP contribution in [0, 0.1) is 15.9 Å². The second kappa shape index (κ2) is 5.58. The van der Waals surface area contributed by atoms with Crippen LogP contribution in [0.3, 0.4) is 0 Å². The lowest BCUT2D eigenvalue weighted by Crippen LogP contribution is -2.19. The second-order valence-electron chi connectivity index (χ2n) is 3.22. The molecule has 0 spiro atoms. The minimum absolute atomic E-state index is 0.0559. The molecule has 1 aromatic rings. The Morgan fingerprint density at radius 1 is 1.65 bits per heavy atom. The Balaban J connectivity index is 3.00. The first-order valence-electron chi connectivity index (χ1n) is 4.60.